The van der Waals surface area contributed by atoms with Crippen LogP contribution < -0.4 is 10.6 Å². The molecule has 0 aliphatic carbocycles. The van der Waals surface area contributed by atoms with E-state index in [9.17, 15) is 9.59 Å². The van der Waals surface area contributed by atoms with Gasteiger partial charge in [0.15, 0.2) is 5.65 Å². The van der Waals surface area contributed by atoms with Crippen molar-refractivity contribution >= 4 is 28.8 Å². The summed E-state index contributed by atoms with van der Waals surface area (Å²) in [5.41, 5.74) is 4.09. The number of amides is 2. The molecule has 0 saturated carbocycles. The van der Waals surface area contributed by atoms with Crippen molar-refractivity contribution in [3.63, 3.8) is 0 Å². The molecule has 5 heterocycles. The Hall–Kier alpha value is -4.12. The third kappa shape index (κ3) is 5.10. The van der Waals surface area contributed by atoms with E-state index in [1.54, 1.807) is 40.7 Å². The molecule has 1 atom stereocenters. The maximum absolute atomic E-state index is 13.1. The Balaban J connectivity index is 1.28. The molecule has 5 rings (SSSR count). The lowest BCUT2D eigenvalue weighted by molar-refractivity contribution is -0.117. The van der Waals surface area contributed by atoms with Gasteiger partial charge in [-0.1, -0.05) is 0 Å². The summed E-state index contributed by atoms with van der Waals surface area (Å²) < 4.78 is 3.36. The van der Waals surface area contributed by atoms with Gasteiger partial charge in [0, 0.05) is 38.0 Å². The molecule has 4 aromatic heterocycles. The zero-order chi connectivity index (χ0) is 25.2. The molecule has 0 spiro atoms. The van der Waals surface area contributed by atoms with Crippen molar-refractivity contribution in [3.8, 4) is 11.1 Å². The van der Waals surface area contributed by atoms with Crippen LogP contribution in [0, 0.1) is 12.8 Å². The summed E-state index contributed by atoms with van der Waals surface area (Å²) in [5.74, 6) is 0.0283. The van der Waals surface area contributed by atoms with Crippen molar-refractivity contribution in [2.45, 2.75) is 26.2 Å². The lowest BCUT2D eigenvalue weighted by Gasteiger charge is -2.29. The zero-order valence-electron chi connectivity index (χ0n) is 20.6. The van der Waals surface area contributed by atoms with Crippen molar-refractivity contribution in [2.75, 3.05) is 30.8 Å². The molecule has 186 valence electrons. The van der Waals surface area contributed by atoms with Gasteiger partial charge in [-0.25, -0.2) is 0 Å². The van der Waals surface area contributed by atoms with Gasteiger partial charge >= 0.3 is 0 Å². The number of carbonyl (C=O) groups is 2. The number of piperidine rings is 1. The summed E-state index contributed by atoms with van der Waals surface area (Å²) in [6, 6.07) is 5.46. The first-order chi connectivity index (χ1) is 17.4. The van der Waals surface area contributed by atoms with Gasteiger partial charge in [0.1, 0.15) is 0 Å². The molecule has 1 fully saturated rings. The Kier molecular flexibility index (Phi) is 6.47. The van der Waals surface area contributed by atoms with Crippen molar-refractivity contribution in [1.29, 1.82) is 0 Å². The minimum Gasteiger partial charge on any atom is -0.325 e. The van der Waals surface area contributed by atoms with Crippen LogP contribution in [0.15, 0.2) is 43.0 Å². The van der Waals surface area contributed by atoms with Crippen LogP contribution in [-0.4, -0.2) is 66.2 Å². The molecule has 1 saturated heterocycles. The molecule has 1 unspecified atom stereocenters. The van der Waals surface area contributed by atoms with Crippen molar-refractivity contribution in [3.05, 3.63) is 54.5 Å². The predicted molar refractivity (Wildman–Crippen MR) is 136 cm³/mol. The maximum atomic E-state index is 13.1. The number of likely N-dealkylation sites (tertiary alicyclic amines) is 1. The molecule has 4 aromatic rings. The van der Waals surface area contributed by atoms with Gasteiger partial charge in [0.05, 0.1) is 29.5 Å². The number of fused-ring (bicyclic) bond motifs is 1. The van der Waals surface area contributed by atoms with Crippen LogP contribution in [-0.2, 0) is 11.8 Å². The third-order valence-corrected chi connectivity index (χ3v) is 6.47. The highest BCUT2D eigenvalue weighted by Gasteiger charge is 2.21. The fourth-order valence-electron chi connectivity index (χ4n) is 4.62. The topological polar surface area (TPSA) is 122 Å². The summed E-state index contributed by atoms with van der Waals surface area (Å²) in [7, 11) is 3.94. The van der Waals surface area contributed by atoms with E-state index in [1.807, 2.05) is 25.4 Å². The van der Waals surface area contributed by atoms with Crippen molar-refractivity contribution in [2.24, 2.45) is 13.0 Å². The number of nitrogens with zero attached hydrogens (tertiary/aromatic N) is 7. The largest absolute Gasteiger partial charge is 0.325 e. The number of hydrogen-bond donors (Lipinski definition) is 2. The standard InChI is InChI=1S/C25H29N9O2/c1-16-21(11-20(13-26-16)28-23(35)9-17-5-4-7-32(2)14-17)29-25(36)24-31-30-22-10-18(6-8-34(22)24)19-12-27-33(3)15-19/h6,8,10-13,15,17H,4-5,7,9,14H2,1-3H3,(H,28,35)(H,29,36). The number of hydrogen-bond acceptors (Lipinski definition) is 7. The summed E-state index contributed by atoms with van der Waals surface area (Å²) in [5, 5.41) is 18.2. The molecule has 2 amide bonds. The molecule has 0 aromatic carbocycles. The average molecular weight is 488 g/mol. The van der Waals surface area contributed by atoms with Gasteiger partial charge in [-0.3, -0.25) is 23.7 Å². The van der Waals surface area contributed by atoms with E-state index >= 15 is 0 Å². The highest BCUT2D eigenvalue weighted by atomic mass is 16.2. The zero-order valence-corrected chi connectivity index (χ0v) is 20.6. The Morgan fingerprint density at radius 2 is 1.97 bits per heavy atom. The molecular weight excluding hydrogens is 458 g/mol. The second-order valence-corrected chi connectivity index (χ2v) is 9.40. The molecule has 36 heavy (non-hydrogen) atoms. The first kappa shape index (κ1) is 23.6. The van der Waals surface area contributed by atoms with Crippen LogP contribution in [0.25, 0.3) is 16.8 Å². The van der Waals surface area contributed by atoms with Gasteiger partial charge in [-0.2, -0.15) is 5.10 Å². The summed E-state index contributed by atoms with van der Waals surface area (Å²) in [6.07, 6.45) is 9.67. The lowest BCUT2D eigenvalue weighted by atomic mass is 9.95. The summed E-state index contributed by atoms with van der Waals surface area (Å²) >= 11 is 0. The Morgan fingerprint density at radius 3 is 2.75 bits per heavy atom. The molecule has 11 nitrogen and oxygen atoms in total. The number of carbonyl (C=O) groups excluding carboxylic acids is 2. The Morgan fingerprint density at radius 1 is 1.11 bits per heavy atom. The molecule has 1 aliphatic rings. The molecule has 0 radical (unpaired) electrons. The quantitative estimate of drug-likeness (QED) is 0.429. The van der Waals surface area contributed by atoms with E-state index in [2.05, 4.69) is 42.9 Å². The van der Waals surface area contributed by atoms with Crippen molar-refractivity contribution < 1.29 is 9.59 Å². The summed E-state index contributed by atoms with van der Waals surface area (Å²) in [4.78, 5) is 32.3. The molecule has 0 bridgehead atoms. The SMILES string of the molecule is Cc1ncc(NC(=O)CC2CCCN(C)C2)cc1NC(=O)c1nnc2cc(-c3cnn(C)c3)ccn12. The first-order valence-electron chi connectivity index (χ1n) is 12.0. The van der Waals surface area contributed by atoms with Crippen molar-refractivity contribution in [1.82, 2.24) is 34.3 Å². The van der Waals surface area contributed by atoms with Gasteiger partial charge in [-0.15, -0.1) is 10.2 Å². The Labute approximate surface area is 208 Å². The van der Waals surface area contributed by atoms with Crippen LogP contribution in [0.1, 0.15) is 35.6 Å². The minimum absolute atomic E-state index is 0.0499. The average Bonchev–Trinajstić information content (AvgIpc) is 3.47. The van der Waals surface area contributed by atoms with E-state index < -0.39 is 5.91 Å². The van der Waals surface area contributed by atoms with Crippen LogP contribution in [0.2, 0.25) is 0 Å². The van der Waals surface area contributed by atoms with Gasteiger partial charge in [0.25, 0.3) is 5.91 Å². The van der Waals surface area contributed by atoms with Crippen LogP contribution in [0.4, 0.5) is 11.4 Å². The monoisotopic (exact) mass is 487 g/mol. The fourth-order valence-corrected chi connectivity index (χ4v) is 4.62. The molecule has 11 heteroatoms. The van der Waals surface area contributed by atoms with Crippen LogP contribution >= 0.6 is 0 Å². The highest BCUT2D eigenvalue weighted by molar-refractivity contribution is 6.03. The Bertz CT molecular complexity index is 1420. The molecular formula is C25H29N9O2. The number of aromatic nitrogens is 6. The van der Waals surface area contributed by atoms with E-state index in [4.69, 9.17) is 0 Å². The normalized spacial score (nSPS) is 16.2. The number of anilines is 2. The van der Waals surface area contributed by atoms with E-state index in [-0.39, 0.29) is 11.7 Å². The van der Waals surface area contributed by atoms with Gasteiger partial charge in [-0.05, 0) is 63.0 Å². The molecule has 2 N–H and O–H groups in total. The number of rotatable bonds is 6. The summed E-state index contributed by atoms with van der Waals surface area (Å²) in [6.45, 7) is 3.80. The van der Waals surface area contributed by atoms with Crippen LogP contribution in [0.3, 0.4) is 0 Å². The van der Waals surface area contributed by atoms with Crippen LogP contribution in [0.5, 0.6) is 0 Å². The lowest BCUT2D eigenvalue weighted by Crippen LogP contribution is -2.34. The number of pyridine rings is 2. The predicted octanol–water partition coefficient (Wildman–Crippen LogP) is 2.76. The van der Waals surface area contributed by atoms with E-state index in [0.717, 1.165) is 37.1 Å². The fraction of sp³-hybridized carbons (Fsp3) is 0.360. The van der Waals surface area contributed by atoms with E-state index in [1.165, 1.54) is 0 Å². The smallest absolute Gasteiger partial charge is 0.294 e. The minimum atomic E-state index is -0.421. The third-order valence-electron chi connectivity index (χ3n) is 6.47. The molecule has 1 aliphatic heterocycles. The number of nitrogens with one attached hydrogen (secondary N) is 2. The second kappa shape index (κ2) is 9.86. The van der Waals surface area contributed by atoms with E-state index in [0.29, 0.717) is 35.1 Å². The first-order valence-corrected chi connectivity index (χ1v) is 12.0. The van der Waals surface area contributed by atoms with Gasteiger partial charge < -0.3 is 15.5 Å². The number of aryl methyl sites for hydroxylation is 2. The highest BCUT2D eigenvalue weighted by Crippen LogP contribution is 2.23. The van der Waals surface area contributed by atoms with Gasteiger partial charge in [0.2, 0.25) is 11.7 Å². The maximum Gasteiger partial charge on any atom is 0.294 e. The second-order valence-electron chi connectivity index (χ2n) is 9.40.